The molecule has 0 bridgehead atoms. The maximum absolute atomic E-state index is 9.26. The molecule has 106 valence electrons. The smallest absolute Gasteiger partial charge is 0.171 e. The number of anilines is 1. The Balaban J connectivity index is 2.31. The van der Waals surface area contributed by atoms with Gasteiger partial charge in [0, 0.05) is 13.1 Å². The van der Waals surface area contributed by atoms with Gasteiger partial charge < -0.3 is 10.0 Å². The zero-order valence-electron chi connectivity index (χ0n) is 11.7. The maximum atomic E-state index is 9.26. The third-order valence-electron chi connectivity index (χ3n) is 3.13. The van der Waals surface area contributed by atoms with Crippen molar-refractivity contribution < 1.29 is 5.11 Å². The van der Waals surface area contributed by atoms with Crippen LogP contribution in [0, 0.1) is 13.8 Å². The summed E-state index contributed by atoms with van der Waals surface area (Å²) in [6.07, 6.45) is 0. The summed E-state index contributed by atoms with van der Waals surface area (Å²) < 4.78 is 0. The molecule has 0 aliphatic rings. The van der Waals surface area contributed by atoms with Crippen molar-refractivity contribution in [1.29, 1.82) is 0 Å². The number of benzene rings is 1. The highest BCUT2D eigenvalue weighted by atomic mass is 35.5. The van der Waals surface area contributed by atoms with Crippen molar-refractivity contribution in [3.05, 3.63) is 52.4 Å². The van der Waals surface area contributed by atoms with Gasteiger partial charge in [0.05, 0.1) is 18.0 Å². The fourth-order valence-corrected chi connectivity index (χ4v) is 2.24. The predicted octanol–water partition coefficient (Wildman–Crippen LogP) is 2.75. The molecule has 1 heterocycles. The van der Waals surface area contributed by atoms with Gasteiger partial charge in [-0.15, -0.1) is 0 Å². The van der Waals surface area contributed by atoms with Crippen LogP contribution in [0.5, 0.6) is 0 Å². The van der Waals surface area contributed by atoms with Crippen LogP contribution in [0.1, 0.15) is 17.0 Å². The highest BCUT2D eigenvalue weighted by Crippen LogP contribution is 2.24. The van der Waals surface area contributed by atoms with E-state index in [2.05, 4.69) is 9.97 Å². The summed E-state index contributed by atoms with van der Waals surface area (Å²) in [5.74, 6) is 0.618. The van der Waals surface area contributed by atoms with Crippen LogP contribution in [0.4, 0.5) is 5.82 Å². The molecule has 5 heteroatoms. The fourth-order valence-electron chi connectivity index (χ4n) is 1.95. The molecule has 4 nitrogen and oxygen atoms in total. The van der Waals surface area contributed by atoms with E-state index >= 15 is 0 Å². The van der Waals surface area contributed by atoms with Gasteiger partial charge in [0.1, 0.15) is 0 Å². The Morgan fingerprint density at radius 3 is 2.40 bits per heavy atom. The third kappa shape index (κ3) is 3.46. The number of halogens is 1. The lowest BCUT2D eigenvalue weighted by Crippen LogP contribution is -2.28. The van der Waals surface area contributed by atoms with E-state index in [9.17, 15) is 5.11 Å². The van der Waals surface area contributed by atoms with Crippen molar-refractivity contribution >= 4 is 17.4 Å². The first-order valence-corrected chi connectivity index (χ1v) is 6.90. The van der Waals surface area contributed by atoms with E-state index in [4.69, 9.17) is 11.6 Å². The molecule has 2 rings (SSSR count). The number of hydrogen-bond donors (Lipinski definition) is 1. The first-order valence-electron chi connectivity index (χ1n) is 6.52. The van der Waals surface area contributed by atoms with E-state index in [-0.39, 0.29) is 6.61 Å². The molecule has 0 saturated carbocycles. The SMILES string of the molecule is Cc1nc(Cl)c(N(CCO)Cc2ccccc2)nc1C. The molecule has 0 atom stereocenters. The number of aliphatic hydroxyl groups excluding tert-OH is 1. The monoisotopic (exact) mass is 291 g/mol. The van der Waals surface area contributed by atoms with E-state index in [0.29, 0.717) is 24.1 Å². The van der Waals surface area contributed by atoms with Crippen molar-refractivity contribution in [1.82, 2.24) is 9.97 Å². The lowest BCUT2D eigenvalue weighted by atomic mass is 10.2. The normalized spacial score (nSPS) is 10.6. The standard InChI is InChI=1S/C15H18ClN3O/c1-11-12(2)18-15(14(16)17-11)19(8-9-20)10-13-6-4-3-5-7-13/h3-7,20H,8-10H2,1-2H3. The lowest BCUT2D eigenvalue weighted by molar-refractivity contribution is 0.301. The van der Waals surface area contributed by atoms with Gasteiger partial charge in [0.15, 0.2) is 11.0 Å². The van der Waals surface area contributed by atoms with Crippen LogP contribution in [0.2, 0.25) is 5.15 Å². The highest BCUT2D eigenvalue weighted by molar-refractivity contribution is 6.31. The van der Waals surface area contributed by atoms with Crippen molar-refractivity contribution in [2.75, 3.05) is 18.1 Å². The number of aromatic nitrogens is 2. The van der Waals surface area contributed by atoms with E-state index in [1.165, 1.54) is 0 Å². The molecular weight excluding hydrogens is 274 g/mol. The zero-order valence-corrected chi connectivity index (χ0v) is 12.4. The average molecular weight is 292 g/mol. The predicted molar refractivity (Wildman–Crippen MR) is 81.1 cm³/mol. The minimum absolute atomic E-state index is 0.0395. The van der Waals surface area contributed by atoms with Gasteiger partial charge in [-0.25, -0.2) is 9.97 Å². The Morgan fingerprint density at radius 1 is 1.10 bits per heavy atom. The lowest BCUT2D eigenvalue weighted by Gasteiger charge is -2.24. The van der Waals surface area contributed by atoms with Crippen molar-refractivity contribution in [2.45, 2.75) is 20.4 Å². The summed E-state index contributed by atoms with van der Waals surface area (Å²) in [6, 6.07) is 10.0. The first kappa shape index (κ1) is 14.8. The summed E-state index contributed by atoms with van der Waals surface area (Å²) in [5, 5.41) is 9.63. The van der Waals surface area contributed by atoms with Crippen LogP contribution < -0.4 is 4.90 Å². The zero-order chi connectivity index (χ0) is 14.5. The summed E-state index contributed by atoms with van der Waals surface area (Å²) in [6.45, 7) is 4.93. The second-order valence-electron chi connectivity index (χ2n) is 4.64. The fraction of sp³-hybridized carbons (Fsp3) is 0.333. The van der Waals surface area contributed by atoms with Gasteiger partial charge in [-0.2, -0.15) is 0 Å². The third-order valence-corrected chi connectivity index (χ3v) is 3.39. The first-order chi connectivity index (χ1) is 9.61. The average Bonchev–Trinajstić information content (AvgIpc) is 2.44. The minimum Gasteiger partial charge on any atom is -0.395 e. The largest absolute Gasteiger partial charge is 0.395 e. The molecule has 0 saturated heterocycles. The second-order valence-corrected chi connectivity index (χ2v) is 5.00. The molecule has 2 aromatic rings. The van der Waals surface area contributed by atoms with Crippen molar-refractivity contribution in [3.8, 4) is 0 Å². The highest BCUT2D eigenvalue weighted by Gasteiger charge is 2.15. The van der Waals surface area contributed by atoms with Crippen molar-refractivity contribution in [2.24, 2.45) is 0 Å². The van der Waals surface area contributed by atoms with E-state index in [1.54, 1.807) is 0 Å². The molecule has 1 N–H and O–H groups in total. The Hall–Kier alpha value is -1.65. The number of rotatable bonds is 5. The molecule has 0 radical (unpaired) electrons. The summed E-state index contributed by atoms with van der Waals surface area (Å²) in [5.41, 5.74) is 2.81. The Morgan fingerprint density at radius 2 is 1.75 bits per heavy atom. The molecule has 0 aliphatic heterocycles. The minimum atomic E-state index is 0.0395. The summed E-state index contributed by atoms with van der Waals surface area (Å²) in [7, 11) is 0. The van der Waals surface area contributed by atoms with E-state index < -0.39 is 0 Å². The van der Waals surface area contributed by atoms with Crippen LogP contribution >= 0.6 is 11.6 Å². The maximum Gasteiger partial charge on any atom is 0.171 e. The van der Waals surface area contributed by atoms with Gasteiger partial charge in [-0.05, 0) is 19.4 Å². The molecule has 0 aliphatic carbocycles. The summed E-state index contributed by atoms with van der Waals surface area (Å²) in [4.78, 5) is 10.7. The van der Waals surface area contributed by atoms with Gasteiger partial charge in [0.25, 0.3) is 0 Å². The van der Waals surface area contributed by atoms with Crippen molar-refractivity contribution in [3.63, 3.8) is 0 Å². The molecule has 1 aromatic carbocycles. The Labute approximate surface area is 124 Å². The topological polar surface area (TPSA) is 49.2 Å². The van der Waals surface area contributed by atoms with Crippen LogP contribution in [0.15, 0.2) is 30.3 Å². The quantitative estimate of drug-likeness (QED) is 0.920. The number of hydrogen-bond acceptors (Lipinski definition) is 4. The van der Waals surface area contributed by atoms with Crippen LogP contribution in [0.3, 0.4) is 0 Å². The molecule has 0 unspecified atom stereocenters. The number of aliphatic hydroxyl groups is 1. The molecule has 1 aromatic heterocycles. The van der Waals surface area contributed by atoms with Gasteiger partial charge in [0.2, 0.25) is 0 Å². The van der Waals surface area contributed by atoms with E-state index in [1.807, 2.05) is 49.1 Å². The van der Waals surface area contributed by atoms with Gasteiger partial charge in [-0.1, -0.05) is 41.9 Å². The molecule has 0 fully saturated rings. The molecule has 0 spiro atoms. The number of aryl methyl sites for hydroxylation is 2. The van der Waals surface area contributed by atoms with Crippen LogP contribution in [-0.2, 0) is 6.54 Å². The second kappa shape index (κ2) is 6.68. The number of nitrogens with zero attached hydrogens (tertiary/aromatic N) is 3. The Kier molecular flexibility index (Phi) is 4.93. The van der Waals surface area contributed by atoms with Gasteiger partial charge in [-0.3, -0.25) is 0 Å². The van der Waals surface area contributed by atoms with Crippen LogP contribution in [-0.4, -0.2) is 28.2 Å². The summed E-state index contributed by atoms with van der Waals surface area (Å²) >= 11 is 6.20. The van der Waals surface area contributed by atoms with E-state index in [0.717, 1.165) is 17.0 Å². The molecule has 0 amide bonds. The van der Waals surface area contributed by atoms with Gasteiger partial charge >= 0.3 is 0 Å². The Bertz CT molecular complexity index is 575. The molecule has 20 heavy (non-hydrogen) atoms. The molecular formula is C15H18ClN3O. The van der Waals surface area contributed by atoms with Crippen LogP contribution in [0.25, 0.3) is 0 Å².